The number of carbonyl (C=O) groups is 2. The topological polar surface area (TPSA) is 180 Å². The third-order valence-electron chi connectivity index (χ3n) is 12.9. The standard InChI is InChI=1S/C45H52N8O6/c1-26(2)39(52-44(56)57-3)43(55)53-25-45(58-17-18-59-45)20-36(53)40-47-23-34(50-40)30-10-6-28(7-11-30)29-8-12-31(13-9-29)35-24-48-41(51-35)37-32-14-15-33(19-32)38(37)42(54)49-22-27-5-4-16-46-21-27/h4-13,16,21,23-24,26,32-33,36-39,42,49,54H,14-15,17-20,22,25H2,1-3H3,(H,47,50)(H,48,51)(H,52,56)/t32?,33?,36-,37?,38?,39-,42?/m0/s1. The largest absolute Gasteiger partial charge is 0.453 e. The molecule has 9 rings (SSSR count). The van der Waals surface area contributed by atoms with Gasteiger partial charge in [0.1, 0.15) is 23.9 Å². The Morgan fingerprint density at radius 1 is 0.898 bits per heavy atom. The molecule has 59 heavy (non-hydrogen) atoms. The first-order valence-corrected chi connectivity index (χ1v) is 20.7. The van der Waals surface area contributed by atoms with E-state index in [4.69, 9.17) is 24.2 Å². The molecule has 14 nitrogen and oxygen atoms in total. The number of aliphatic hydroxyl groups is 1. The molecule has 2 aliphatic carbocycles. The molecule has 308 valence electrons. The quantitative estimate of drug-likeness (QED) is 0.0918. The summed E-state index contributed by atoms with van der Waals surface area (Å²) in [5, 5.41) is 17.4. The van der Waals surface area contributed by atoms with E-state index in [1.807, 2.05) is 38.4 Å². The van der Waals surface area contributed by atoms with Gasteiger partial charge in [-0.05, 0) is 70.9 Å². The number of H-pyrrole nitrogens is 2. The molecule has 5 heterocycles. The van der Waals surface area contributed by atoms with Crippen molar-refractivity contribution in [3.05, 3.63) is 103 Å². The number of aromatic nitrogens is 5. The summed E-state index contributed by atoms with van der Waals surface area (Å²) in [6, 6.07) is 19.5. The van der Waals surface area contributed by atoms with E-state index in [0.29, 0.717) is 43.8 Å². The van der Waals surface area contributed by atoms with Crippen molar-refractivity contribution in [3.8, 4) is 33.6 Å². The summed E-state index contributed by atoms with van der Waals surface area (Å²) in [6.45, 7) is 5.47. The highest BCUT2D eigenvalue weighted by Crippen LogP contribution is 2.57. The van der Waals surface area contributed by atoms with Gasteiger partial charge in [0.25, 0.3) is 0 Å². The molecule has 0 radical (unpaired) electrons. The van der Waals surface area contributed by atoms with Crippen LogP contribution < -0.4 is 10.6 Å². The number of ether oxygens (including phenoxy) is 3. The fraction of sp³-hybridized carbons (Fsp3) is 0.444. The maximum absolute atomic E-state index is 14.0. The second-order valence-corrected chi connectivity index (χ2v) is 16.8. The molecule has 3 aromatic heterocycles. The van der Waals surface area contributed by atoms with Crippen molar-refractivity contribution in [3.63, 3.8) is 0 Å². The molecule has 1 spiro atoms. The van der Waals surface area contributed by atoms with Crippen LogP contribution in [0.15, 0.2) is 85.5 Å². The van der Waals surface area contributed by atoms with E-state index in [1.54, 1.807) is 17.3 Å². The Labute approximate surface area is 343 Å². The first-order chi connectivity index (χ1) is 28.7. The SMILES string of the molecule is COC(=O)N[C@H](C(=O)N1CC2(C[C@H]1c1ncc(-c3ccc(-c4ccc(-c5cnc(C6C7CCC(C7)C6C(O)NCc6cccnc6)[nH]5)cc4)cc3)[nH]1)OCCO2)C(C)C. The van der Waals surface area contributed by atoms with Crippen LogP contribution in [0.25, 0.3) is 33.6 Å². The lowest BCUT2D eigenvalue weighted by atomic mass is 9.77. The van der Waals surface area contributed by atoms with Crippen LogP contribution in [0.4, 0.5) is 4.79 Å². The number of hydrogen-bond donors (Lipinski definition) is 5. The number of nitrogens with one attached hydrogen (secondary N) is 4. The van der Waals surface area contributed by atoms with Gasteiger partial charge >= 0.3 is 6.09 Å². The Balaban J connectivity index is 0.872. The minimum atomic E-state index is -0.919. The Morgan fingerprint density at radius 2 is 1.53 bits per heavy atom. The first kappa shape index (κ1) is 39.1. The smallest absolute Gasteiger partial charge is 0.407 e. The summed E-state index contributed by atoms with van der Waals surface area (Å²) in [7, 11) is 1.28. The summed E-state index contributed by atoms with van der Waals surface area (Å²) in [5.74, 6) is 1.53. The number of aromatic amines is 2. The molecule has 4 aliphatic rings. The predicted molar refractivity (Wildman–Crippen MR) is 219 cm³/mol. The van der Waals surface area contributed by atoms with Gasteiger partial charge in [0.15, 0.2) is 5.79 Å². The highest BCUT2D eigenvalue weighted by Gasteiger charge is 2.53. The van der Waals surface area contributed by atoms with E-state index in [0.717, 1.165) is 57.9 Å². The summed E-state index contributed by atoms with van der Waals surface area (Å²) in [5.41, 5.74) is 7.01. The van der Waals surface area contributed by atoms with Gasteiger partial charge in [-0.25, -0.2) is 14.8 Å². The summed E-state index contributed by atoms with van der Waals surface area (Å²) in [6.07, 6.45) is 9.90. The van der Waals surface area contributed by atoms with Gasteiger partial charge in [-0.2, -0.15) is 0 Å². The van der Waals surface area contributed by atoms with Crippen LogP contribution >= 0.6 is 0 Å². The molecule has 2 amide bonds. The number of alkyl carbamates (subject to hydrolysis) is 1. The summed E-state index contributed by atoms with van der Waals surface area (Å²) >= 11 is 0. The second kappa shape index (κ2) is 16.3. The fourth-order valence-electron chi connectivity index (χ4n) is 9.95. The number of hydrogen-bond acceptors (Lipinski definition) is 10. The molecule has 5 unspecified atom stereocenters. The molecule has 14 heteroatoms. The van der Waals surface area contributed by atoms with Crippen LogP contribution in [-0.2, 0) is 25.5 Å². The zero-order valence-corrected chi connectivity index (χ0v) is 33.6. The van der Waals surface area contributed by atoms with Crippen LogP contribution in [0.3, 0.4) is 0 Å². The third kappa shape index (κ3) is 7.77. The number of benzene rings is 2. The molecule has 4 fully saturated rings. The Bertz CT molecular complexity index is 2240. The maximum atomic E-state index is 14.0. The van der Waals surface area contributed by atoms with Gasteiger partial charge in [-0.3, -0.25) is 15.1 Å². The lowest BCUT2D eigenvalue weighted by molar-refractivity contribution is -0.153. The summed E-state index contributed by atoms with van der Waals surface area (Å²) in [4.78, 5) is 48.7. The van der Waals surface area contributed by atoms with Gasteiger partial charge in [-0.15, -0.1) is 0 Å². The number of likely N-dealkylation sites (tertiary alicyclic amines) is 1. The number of carbonyl (C=O) groups excluding carboxylic acids is 2. The molecule has 2 saturated carbocycles. The second-order valence-electron chi connectivity index (χ2n) is 16.8. The van der Waals surface area contributed by atoms with Crippen LogP contribution in [0.5, 0.6) is 0 Å². The minimum absolute atomic E-state index is 0.109. The lowest BCUT2D eigenvalue weighted by Gasteiger charge is -2.33. The molecular weight excluding hydrogens is 749 g/mol. The van der Waals surface area contributed by atoms with Crippen LogP contribution in [0.2, 0.25) is 0 Å². The van der Waals surface area contributed by atoms with Gasteiger partial charge in [0.2, 0.25) is 5.91 Å². The number of nitrogens with zero attached hydrogens (tertiary/aromatic N) is 4. The highest BCUT2D eigenvalue weighted by atomic mass is 16.7. The highest BCUT2D eigenvalue weighted by molar-refractivity contribution is 5.86. The Kier molecular flexibility index (Phi) is 10.8. The third-order valence-corrected chi connectivity index (χ3v) is 12.9. The van der Waals surface area contributed by atoms with Gasteiger partial charge < -0.3 is 39.5 Å². The number of amides is 2. The van der Waals surface area contributed by atoms with Crippen LogP contribution in [0.1, 0.15) is 68.7 Å². The van der Waals surface area contributed by atoms with E-state index in [2.05, 4.69) is 74.1 Å². The number of fused-ring (bicyclic) bond motifs is 2. The molecule has 5 N–H and O–H groups in total. The number of pyridine rings is 1. The average Bonchev–Trinajstić information content (AvgIpc) is 4.14. The first-order valence-electron chi connectivity index (χ1n) is 20.7. The van der Waals surface area contributed by atoms with Gasteiger partial charge in [0.05, 0.1) is 56.7 Å². The maximum Gasteiger partial charge on any atom is 0.407 e. The van der Waals surface area contributed by atoms with Crippen molar-refractivity contribution in [2.75, 3.05) is 26.9 Å². The zero-order chi connectivity index (χ0) is 40.7. The monoisotopic (exact) mass is 800 g/mol. The van der Waals surface area contributed by atoms with Crippen molar-refractivity contribution in [2.24, 2.45) is 23.7 Å². The Hall–Kier alpha value is -5.41. The van der Waals surface area contributed by atoms with Crippen molar-refractivity contribution in [1.29, 1.82) is 0 Å². The van der Waals surface area contributed by atoms with Crippen molar-refractivity contribution >= 4 is 12.0 Å². The normalized spacial score (nSPS) is 24.2. The Morgan fingerprint density at radius 3 is 2.15 bits per heavy atom. The zero-order valence-electron chi connectivity index (χ0n) is 33.6. The van der Waals surface area contributed by atoms with Gasteiger partial charge in [-0.1, -0.05) is 68.4 Å². The fourth-order valence-corrected chi connectivity index (χ4v) is 9.95. The van der Waals surface area contributed by atoms with Gasteiger partial charge in [0, 0.05) is 37.2 Å². The van der Waals surface area contributed by atoms with E-state index in [9.17, 15) is 14.7 Å². The number of aliphatic hydroxyl groups excluding tert-OH is 1. The van der Waals surface area contributed by atoms with E-state index in [-0.39, 0.29) is 30.2 Å². The number of imidazole rings is 2. The van der Waals surface area contributed by atoms with Crippen LogP contribution in [0, 0.1) is 23.7 Å². The molecule has 7 atom stereocenters. The molecule has 2 aliphatic heterocycles. The predicted octanol–water partition coefficient (Wildman–Crippen LogP) is 6.16. The molecule has 2 saturated heterocycles. The van der Waals surface area contributed by atoms with E-state index < -0.39 is 30.2 Å². The van der Waals surface area contributed by atoms with Crippen molar-refractivity contribution in [1.82, 2.24) is 40.5 Å². The molecular formula is C45H52N8O6. The number of rotatable bonds is 12. The van der Waals surface area contributed by atoms with Crippen LogP contribution in [-0.4, -0.2) is 91.9 Å². The average molecular weight is 801 g/mol. The van der Waals surface area contributed by atoms with Crippen molar-refractivity contribution < 1.29 is 28.9 Å². The summed E-state index contributed by atoms with van der Waals surface area (Å²) < 4.78 is 16.9. The van der Waals surface area contributed by atoms with Crippen molar-refractivity contribution in [2.45, 2.75) is 76.1 Å². The molecule has 5 aromatic rings. The minimum Gasteiger partial charge on any atom is -0.453 e. The van der Waals surface area contributed by atoms with E-state index >= 15 is 0 Å². The molecule has 2 bridgehead atoms. The number of methoxy groups -OCH3 is 1. The molecule has 2 aromatic carbocycles. The van der Waals surface area contributed by atoms with E-state index in [1.165, 1.54) is 13.5 Å². The lowest BCUT2D eigenvalue weighted by Crippen LogP contribution is -2.52.